The van der Waals surface area contributed by atoms with Crippen LogP contribution in [0.3, 0.4) is 0 Å². The Hall–Kier alpha value is -0.830. The van der Waals surface area contributed by atoms with Crippen LogP contribution in [0.25, 0.3) is 0 Å². The number of aromatic nitrogens is 2. The summed E-state index contributed by atoms with van der Waals surface area (Å²) in [6.07, 6.45) is 5.10. The van der Waals surface area contributed by atoms with Gasteiger partial charge in [-0.3, -0.25) is 0 Å². The van der Waals surface area contributed by atoms with Gasteiger partial charge in [0.25, 0.3) is 0 Å². The Kier molecular flexibility index (Phi) is 2.95. The van der Waals surface area contributed by atoms with Crippen molar-refractivity contribution in [3.05, 3.63) is 17.2 Å². The molecule has 1 unspecified atom stereocenters. The fourth-order valence-electron chi connectivity index (χ4n) is 3.01. The highest BCUT2D eigenvalue weighted by molar-refractivity contribution is 5.20. The van der Waals surface area contributed by atoms with E-state index in [2.05, 4.69) is 23.7 Å². The van der Waals surface area contributed by atoms with Gasteiger partial charge in [0.05, 0.1) is 5.69 Å². The Bertz CT molecular complexity index is 404. The first-order valence-electron chi connectivity index (χ1n) is 7.07. The lowest BCUT2D eigenvalue weighted by Gasteiger charge is -2.19. The lowest BCUT2D eigenvalue weighted by Crippen LogP contribution is -2.26. The van der Waals surface area contributed by atoms with Crippen LogP contribution in [-0.4, -0.2) is 16.1 Å². The standard InChI is InChI=1S/C14H23N3/c1-3-14-16-12-8-15-7-6-13(12)17(14)9-10(2)11-4-5-11/h10-11,15H,3-9H2,1-2H3. The number of nitrogens with zero attached hydrogens (tertiary/aromatic N) is 2. The fraction of sp³-hybridized carbons (Fsp3) is 0.786. The third-order valence-corrected chi connectivity index (χ3v) is 4.28. The highest BCUT2D eigenvalue weighted by Crippen LogP contribution is 2.37. The molecule has 1 aliphatic carbocycles. The first-order chi connectivity index (χ1) is 8.29. The van der Waals surface area contributed by atoms with Crippen LogP contribution in [0, 0.1) is 11.8 Å². The Morgan fingerprint density at radius 3 is 3.00 bits per heavy atom. The summed E-state index contributed by atoms with van der Waals surface area (Å²) in [5, 5.41) is 3.42. The van der Waals surface area contributed by atoms with Crippen LogP contribution >= 0.6 is 0 Å². The van der Waals surface area contributed by atoms with Gasteiger partial charge in [-0.05, 0) is 24.7 Å². The number of aryl methyl sites for hydroxylation is 1. The maximum atomic E-state index is 4.80. The number of hydrogen-bond donors (Lipinski definition) is 1. The van der Waals surface area contributed by atoms with E-state index >= 15 is 0 Å². The number of rotatable bonds is 4. The molecule has 0 amide bonds. The number of nitrogens with one attached hydrogen (secondary N) is 1. The summed E-state index contributed by atoms with van der Waals surface area (Å²) in [6, 6.07) is 0. The van der Waals surface area contributed by atoms with Crippen molar-refractivity contribution < 1.29 is 0 Å². The second-order valence-electron chi connectivity index (χ2n) is 5.63. The van der Waals surface area contributed by atoms with E-state index in [1.165, 1.54) is 36.6 Å². The minimum Gasteiger partial charge on any atom is -0.331 e. The second kappa shape index (κ2) is 4.45. The molecule has 1 aromatic heterocycles. The molecular formula is C14H23N3. The molecule has 0 spiro atoms. The van der Waals surface area contributed by atoms with Crippen molar-refractivity contribution in [2.45, 2.75) is 52.6 Å². The Morgan fingerprint density at radius 1 is 1.47 bits per heavy atom. The van der Waals surface area contributed by atoms with Gasteiger partial charge < -0.3 is 9.88 Å². The number of hydrogen-bond acceptors (Lipinski definition) is 2. The summed E-state index contributed by atoms with van der Waals surface area (Å²) >= 11 is 0. The molecule has 0 aromatic carbocycles. The molecule has 17 heavy (non-hydrogen) atoms. The molecule has 0 saturated heterocycles. The molecule has 2 aliphatic rings. The van der Waals surface area contributed by atoms with Gasteiger partial charge in [-0.15, -0.1) is 0 Å². The first-order valence-corrected chi connectivity index (χ1v) is 7.07. The monoisotopic (exact) mass is 233 g/mol. The predicted octanol–water partition coefficient (Wildman–Crippen LogP) is 2.14. The maximum absolute atomic E-state index is 4.80. The third-order valence-electron chi connectivity index (χ3n) is 4.28. The molecule has 1 aliphatic heterocycles. The fourth-order valence-corrected chi connectivity index (χ4v) is 3.01. The van der Waals surface area contributed by atoms with E-state index in [1.54, 1.807) is 0 Å². The Labute approximate surface area is 104 Å². The molecule has 3 nitrogen and oxygen atoms in total. The van der Waals surface area contributed by atoms with Crippen LogP contribution in [0.15, 0.2) is 0 Å². The molecule has 3 heteroatoms. The van der Waals surface area contributed by atoms with Gasteiger partial charge in [-0.25, -0.2) is 4.98 Å². The summed E-state index contributed by atoms with van der Waals surface area (Å²) < 4.78 is 2.53. The van der Waals surface area contributed by atoms with Crippen LogP contribution in [-0.2, 0) is 25.9 Å². The second-order valence-corrected chi connectivity index (χ2v) is 5.63. The maximum Gasteiger partial charge on any atom is 0.108 e. The molecule has 1 atom stereocenters. The SMILES string of the molecule is CCc1nc2c(n1CC(C)C1CC1)CCNC2. The lowest BCUT2D eigenvalue weighted by atomic mass is 10.1. The van der Waals surface area contributed by atoms with Gasteiger partial charge in [0.15, 0.2) is 0 Å². The Morgan fingerprint density at radius 2 is 2.29 bits per heavy atom. The van der Waals surface area contributed by atoms with Gasteiger partial charge >= 0.3 is 0 Å². The minimum atomic E-state index is 0.827. The van der Waals surface area contributed by atoms with Crippen LogP contribution in [0.2, 0.25) is 0 Å². The summed E-state index contributed by atoms with van der Waals surface area (Å²) in [6.45, 7) is 7.90. The van der Waals surface area contributed by atoms with E-state index < -0.39 is 0 Å². The van der Waals surface area contributed by atoms with Crippen LogP contribution < -0.4 is 5.32 Å². The molecule has 1 fully saturated rings. The van der Waals surface area contributed by atoms with Crippen molar-refractivity contribution in [3.63, 3.8) is 0 Å². The van der Waals surface area contributed by atoms with Crippen LogP contribution in [0.4, 0.5) is 0 Å². The Balaban J connectivity index is 1.86. The molecule has 1 N–H and O–H groups in total. The molecule has 1 saturated carbocycles. The highest BCUT2D eigenvalue weighted by Gasteiger charge is 2.29. The predicted molar refractivity (Wildman–Crippen MR) is 68.9 cm³/mol. The van der Waals surface area contributed by atoms with Gasteiger partial charge in [0, 0.05) is 38.2 Å². The van der Waals surface area contributed by atoms with Crippen LogP contribution in [0.1, 0.15) is 43.9 Å². The quantitative estimate of drug-likeness (QED) is 0.863. The van der Waals surface area contributed by atoms with E-state index in [9.17, 15) is 0 Å². The number of fused-ring (bicyclic) bond motifs is 1. The molecule has 3 rings (SSSR count). The normalized spacial score (nSPS) is 21.3. The van der Waals surface area contributed by atoms with Gasteiger partial charge in [0.1, 0.15) is 5.82 Å². The topological polar surface area (TPSA) is 29.9 Å². The van der Waals surface area contributed by atoms with E-state index in [-0.39, 0.29) is 0 Å². The molecular weight excluding hydrogens is 210 g/mol. The summed E-state index contributed by atoms with van der Waals surface area (Å²) in [5.74, 6) is 3.11. The zero-order chi connectivity index (χ0) is 11.8. The van der Waals surface area contributed by atoms with Crippen molar-refractivity contribution in [2.24, 2.45) is 11.8 Å². The molecule has 94 valence electrons. The smallest absolute Gasteiger partial charge is 0.108 e. The molecule has 2 heterocycles. The largest absolute Gasteiger partial charge is 0.331 e. The minimum absolute atomic E-state index is 0.827. The van der Waals surface area contributed by atoms with Crippen molar-refractivity contribution in [1.82, 2.24) is 14.9 Å². The zero-order valence-corrected chi connectivity index (χ0v) is 11.0. The van der Waals surface area contributed by atoms with Gasteiger partial charge in [-0.1, -0.05) is 13.8 Å². The molecule has 0 radical (unpaired) electrons. The van der Waals surface area contributed by atoms with Crippen molar-refractivity contribution >= 4 is 0 Å². The van der Waals surface area contributed by atoms with E-state index in [4.69, 9.17) is 4.98 Å². The van der Waals surface area contributed by atoms with Crippen molar-refractivity contribution in [1.29, 1.82) is 0 Å². The summed E-state index contributed by atoms with van der Waals surface area (Å²) in [5.41, 5.74) is 2.81. The average Bonchev–Trinajstić information content (AvgIpc) is 3.14. The number of imidazole rings is 1. The summed E-state index contributed by atoms with van der Waals surface area (Å²) in [7, 11) is 0. The van der Waals surface area contributed by atoms with Crippen LogP contribution in [0.5, 0.6) is 0 Å². The lowest BCUT2D eigenvalue weighted by molar-refractivity contribution is 0.412. The molecule has 0 bridgehead atoms. The van der Waals surface area contributed by atoms with E-state index in [0.29, 0.717) is 0 Å². The van der Waals surface area contributed by atoms with Crippen molar-refractivity contribution in [2.75, 3.05) is 6.54 Å². The van der Waals surface area contributed by atoms with Gasteiger partial charge in [-0.2, -0.15) is 0 Å². The zero-order valence-electron chi connectivity index (χ0n) is 11.0. The van der Waals surface area contributed by atoms with E-state index in [0.717, 1.165) is 37.8 Å². The average molecular weight is 233 g/mol. The van der Waals surface area contributed by atoms with Gasteiger partial charge in [0.2, 0.25) is 0 Å². The highest BCUT2D eigenvalue weighted by atomic mass is 15.1. The third kappa shape index (κ3) is 2.13. The van der Waals surface area contributed by atoms with Crippen molar-refractivity contribution in [3.8, 4) is 0 Å². The summed E-state index contributed by atoms with van der Waals surface area (Å²) in [4.78, 5) is 4.80. The van der Waals surface area contributed by atoms with E-state index in [1.807, 2.05) is 0 Å². The first kappa shape index (κ1) is 11.3. The molecule has 1 aromatic rings.